The number of aromatic nitrogens is 5. The lowest BCUT2D eigenvalue weighted by Crippen LogP contribution is -2.22. The largest absolute Gasteiger partial charge is 0.268 e. The first kappa shape index (κ1) is 18.4. The molecule has 30 heavy (non-hydrogen) atoms. The Morgan fingerprint density at radius 3 is 2.43 bits per heavy atom. The summed E-state index contributed by atoms with van der Waals surface area (Å²) in [5.74, 6) is 0.630. The van der Waals surface area contributed by atoms with Crippen molar-refractivity contribution in [3.8, 4) is 22.6 Å². The van der Waals surface area contributed by atoms with Crippen LogP contribution < -0.4 is 5.56 Å². The zero-order valence-electron chi connectivity index (χ0n) is 16.0. The molecule has 0 aliphatic heterocycles. The molecule has 7 heteroatoms. The van der Waals surface area contributed by atoms with Gasteiger partial charge in [0.25, 0.3) is 5.56 Å². The van der Waals surface area contributed by atoms with Gasteiger partial charge in [0.05, 0.1) is 28.5 Å². The van der Waals surface area contributed by atoms with Crippen LogP contribution in [0.4, 0.5) is 0 Å². The van der Waals surface area contributed by atoms with Gasteiger partial charge in [0.1, 0.15) is 11.5 Å². The Morgan fingerprint density at radius 2 is 1.67 bits per heavy atom. The van der Waals surface area contributed by atoms with Crippen molar-refractivity contribution >= 4 is 26.8 Å². The Labute approximate surface area is 180 Å². The average Bonchev–Trinajstić information content (AvgIpc) is 3.25. The van der Waals surface area contributed by atoms with Crippen LogP contribution in [0.1, 0.15) is 5.82 Å². The molecule has 0 atom stereocenters. The summed E-state index contributed by atoms with van der Waals surface area (Å²) in [5, 5.41) is 9.08. The smallest absolute Gasteiger partial charge is 0.265 e. The molecule has 5 rings (SSSR count). The summed E-state index contributed by atoms with van der Waals surface area (Å²) in [7, 11) is 0. The minimum Gasteiger partial charge on any atom is -0.268 e. The first-order valence-electron chi connectivity index (χ1n) is 9.38. The van der Waals surface area contributed by atoms with E-state index in [0.717, 1.165) is 27.1 Å². The number of fused-ring (bicyclic) bond motifs is 1. The molecular weight excluding hydrogens is 442 g/mol. The van der Waals surface area contributed by atoms with Crippen LogP contribution in [0.2, 0.25) is 0 Å². The highest BCUT2D eigenvalue weighted by molar-refractivity contribution is 9.10. The number of aryl methyl sites for hydroxylation is 1. The second-order valence-corrected chi connectivity index (χ2v) is 7.81. The molecule has 2 aromatic heterocycles. The molecule has 0 aliphatic carbocycles. The number of benzene rings is 3. The van der Waals surface area contributed by atoms with E-state index in [1.165, 1.54) is 0 Å². The molecule has 0 radical (unpaired) electrons. The first-order valence-corrected chi connectivity index (χ1v) is 10.2. The summed E-state index contributed by atoms with van der Waals surface area (Å²) in [6, 6.07) is 22.9. The lowest BCUT2D eigenvalue weighted by molar-refractivity contribution is 0.804. The Kier molecular flexibility index (Phi) is 4.52. The predicted octanol–water partition coefficient (Wildman–Crippen LogP) is 4.70. The highest BCUT2D eigenvalue weighted by Crippen LogP contribution is 2.21. The van der Waals surface area contributed by atoms with Crippen LogP contribution in [-0.4, -0.2) is 24.5 Å². The molecule has 0 saturated heterocycles. The van der Waals surface area contributed by atoms with Gasteiger partial charge >= 0.3 is 0 Å². The van der Waals surface area contributed by atoms with Gasteiger partial charge in [0, 0.05) is 10.0 Å². The Hall–Kier alpha value is -3.58. The molecule has 0 aliphatic rings. The molecule has 0 saturated carbocycles. The third-order valence-electron chi connectivity index (χ3n) is 4.93. The van der Waals surface area contributed by atoms with Gasteiger partial charge in [-0.1, -0.05) is 51.5 Å². The second-order valence-electron chi connectivity index (χ2n) is 6.89. The van der Waals surface area contributed by atoms with Crippen molar-refractivity contribution in [2.24, 2.45) is 0 Å². The van der Waals surface area contributed by atoms with Crippen molar-refractivity contribution in [3.05, 3.63) is 99.6 Å². The van der Waals surface area contributed by atoms with E-state index in [1.54, 1.807) is 15.3 Å². The number of para-hydroxylation sites is 1. The Morgan fingerprint density at radius 1 is 0.900 bits per heavy atom. The van der Waals surface area contributed by atoms with Crippen molar-refractivity contribution in [2.45, 2.75) is 6.92 Å². The number of hydrogen-bond donors (Lipinski definition) is 0. The fourth-order valence-electron chi connectivity index (χ4n) is 3.45. The van der Waals surface area contributed by atoms with Gasteiger partial charge in [-0.25, -0.2) is 9.67 Å². The Bertz CT molecular complexity index is 1420. The van der Waals surface area contributed by atoms with Crippen LogP contribution in [0.25, 0.3) is 33.5 Å². The monoisotopic (exact) mass is 457 g/mol. The van der Waals surface area contributed by atoms with Crippen molar-refractivity contribution < 1.29 is 0 Å². The lowest BCUT2D eigenvalue weighted by atomic mass is 10.2. The molecule has 0 bridgehead atoms. The van der Waals surface area contributed by atoms with E-state index < -0.39 is 0 Å². The van der Waals surface area contributed by atoms with Crippen molar-refractivity contribution in [1.82, 2.24) is 24.5 Å². The minimum atomic E-state index is -0.0932. The molecule has 0 fully saturated rings. The summed E-state index contributed by atoms with van der Waals surface area (Å²) in [5.41, 5.74) is 3.87. The normalized spacial score (nSPS) is 11.1. The SMILES string of the molecule is Cc1nc2cc(-n3cc(-c4ccc(Br)cc4)nn3)ccc2c(=O)n1-c1ccccc1. The molecule has 5 aromatic rings. The second kappa shape index (κ2) is 7.35. The van der Waals surface area contributed by atoms with E-state index in [0.29, 0.717) is 16.7 Å². The summed E-state index contributed by atoms with van der Waals surface area (Å²) in [6.45, 7) is 1.83. The summed E-state index contributed by atoms with van der Waals surface area (Å²) in [4.78, 5) is 17.8. The van der Waals surface area contributed by atoms with E-state index in [-0.39, 0.29) is 5.56 Å². The molecule has 146 valence electrons. The van der Waals surface area contributed by atoms with Gasteiger partial charge in [-0.15, -0.1) is 5.10 Å². The van der Waals surface area contributed by atoms with Gasteiger partial charge < -0.3 is 0 Å². The fourth-order valence-corrected chi connectivity index (χ4v) is 3.72. The molecule has 3 aromatic carbocycles. The lowest BCUT2D eigenvalue weighted by Gasteiger charge is -2.11. The maximum atomic E-state index is 13.1. The van der Waals surface area contributed by atoms with Gasteiger partial charge in [0.2, 0.25) is 0 Å². The maximum absolute atomic E-state index is 13.1. The standard InChI is InChI=1S/C23H16BrN5O/c1-15-25-21-13-19(28-14-22(26-27-28)16-7-9-17(24)10-8-16)11-12-20(21)23(30)29(15)18-5-3-2-4-6-18/h2-14H,1H3. The van der Waals surface area contributed by atoms with Crippen LogP contribution >= 0.6 is 15.9 Å². The predicted molar refractivity (Wildman–Crippen MR) is 120 cm³/mol. The minimum absolute atomic E-state index is 0.0932. The molecule has 0 N–H and O–H groups in total. The molecule has 2 heterocycles. The molecule has 6 nitrogen and oxygen atoms in total. The average molecular weight is 458 g/mol. The molecule has 0 amide bonds. The van der Waals surface area contributed by atoms with E-state index in [9.17, 15) is 4.79 Å². The Balaban J connectivity index is 1.58. The van der Waals surface area contributed by atoms with Gasteiger partial charge in [-0.05, 0) is 49.4 Å². The van der Waals surface area contributed by atoms with Crippen molar-refractivity contribution in [1.29, 1.82) is 0 Å². The van der Waals surface area contributed by atoms with Crippen LogP contribution in [0.5, 0.6) is 0 Å². The summed E-state index contributed by atoms with van der Waals surface area (Å²) in [6.07, 6.45) is 1.86. The molecule has 0 unspecified atom stereocenters. The van der Waals surface area contributed by atoms with Gasteiger partial charge in [-0.3, -0.25) is 9.36 Å². The topological polar surface area (TPSA) is 65.6 Å². The number of halogens is 1. The highest BCUT2D eigenvalue weighted by atomic mass is 79.9. The quantitative estimate of drug-likeness (QED) is 0.393. The third-order valence-corrected chi connectivity index (χ3v) is 5.46. The molecule has 0 spiro atoms. The third kappa shape index (κ3) is 3.23. The number of nitrogens with zero attached hydrogens (tertiary/aromatic N) is 5. The zero-order chi connectivity index (χ0) is 20.7. The summed E-state index contributed by atoms with van der Waals surface area (Å²) < 4.78 is 4.33. The highest BCUT2D eigenvalue weighted by Gasteiger charge is 2.12. The van der Waals surface area contributed by atoms with Crippen molar-refractivity contribution in [2.75, 3.05) is 0 Å². The maximum Gasteiger partial charge on any atom is 0.265 e. The van der Waals surface area contributed by atoms with E-state index >= 15 is 0 Å². The van der Waals surface area contributed by atoms with Gasteiger partial charge in [0.15, 0.2) is 0 Å². The van der Waals surface area contributed by atoms with Crippen LogP contribution in [-0.2, 0) is 0 Å². The number of rotatable bonds is 3. The van der Waals surface area contributed by atoms with Crippen molar-refractivity contribution in [3.63, 3.8) is 0 Å². The fraction of sp³-hybridized carbons (Fsp3) is 0.0435. The van der Waals surface area contributed by atoms with Crippen LogP contribution in [0, 0.1) is 6.92 Å². The first-order chi connectivity index (χ1) is 14.6. The summed E-state index contributed by atoms with van der Waals surface area (Å²) >= 11 is 3.44. The van der Waals surface area contributed by atoms with E-state index in [1.807, 2.05) is 79.9 Å². The molecular formula is C23H16BrN5O. The van der Waals surface area contributed by atoms with E-state index in [4.69, 9.17) is 0 Å². The van der Waals surface area contributed by atoms with E-state index in [2.05, 4.69) is 31.2 Å². The number of hydrogen-bond acceptors (Lipinski definition) is 4. The zero-order valence-corrected chi connectivity index (χ0v) is 17.6. The van der Waals surface area contributed by atoms with Crippen LogP contribution in [0.3, 0.4) is 0 Å². The van der Waals surface area contributed by atoms with Gasteiger partial charge in [-0.2, -0.15) is 0 Å². The van der Waals surface area contributed by atoms with Crippen LogP contribution in [0.15, 0.2) is 88.3 Å².